The fraction of sp³-hybridized carbons (Fsp3) is 0.467. The molecule has 0 bridgehead atoms. The van der Waals surface area contributed by atoms with Crippen LogP contribution < -0.4 is 5.32 Å². The van der Waals surface area contributed by atoms with Gasteiger partial charge in [0.15, 0.2) is 0 Å². The third kappa shape index (κ3) is 5.10. The summed E-state index contributed by atoms with van der Waals surface area (Å²) in [6.45, 7) is 0.868. The molecule has 136 valence electrons. The normalized spacial score (nSPS) is 19.0. The highest BCUT2D eigenvalue weighted by Crippen LogP contribution is 2.32. The van der Waals surface area contributed by atoms with Crippen molar-refractivity contribution in [2.75, 3.05) is 19.3 Å². The summed E-state index contributed by atoms with van der Waals surface area (Å²) in [6, 6.07) is 1.87. The predicted octanol–water partition coefficient (Wildman–Crippen LogP) is 2.72. The van der Waals surface area contributed by atoms with Gasteiger partial charge in [0.2, 0.25) is 15.9 Å². The molecule has 0 saturated carbocycles. The summed E-state index contributed by atoms with van der Waals surface area (Å²) >= 11 is 6.55. The van der Waals surface area contributed by atoms with Crippen molar-refractivity contribution in [2.45, 2.75) is 25.3 Å². The van der Waals surface area contributed by atoms with E-state index in [2.05, 4.69) is 26.2 Å². The molecule has 2 aromatic heterocycles. The van der Waals surface area contributed by atoms with Crippen LogP contribution in [-0.4, -0.2) is 49.0 Å². The van der Waals surface area contributed by atoms with E-state index in [1.165, 1.54) is 21.9 Å². The average Bonchev–Trinajstić information content (AvgIpc) is 3.15. The number of rotatable bonds is 5. The molecule has 0 radical (unpaired) electrons. The van der Waals surface area contributed by atoms with Crippen LogP contribution in [0.4, 0.5) is 0 Å². The minimum atomic E-state index is -3.21. The van der Waals surface area contributed by atoms with Gasteiger partial charge in [-0.1, -0.05) is 0 Å². The van der Waals surface area contributed by atoms with E-state index >= 15 is 0 Å². The third-order valence-electron chi connectivity index (χ3n) is 3.89. The Bertz CT molecular complexity index is 862. The van der Waals surface area contributed by atoms with E-state index in [9.17, 15) is 13.2 Å². The molecule has 1 aliphatic rings. The zero-order chi connectivity index (χ0) is 18.0. The van der Waals surface area contributed by atoms with Crippen molar-refractivity contribution in [3.63, 3.8) is 0 Å². The van der Waals surface area contributed by atoms with Crippen molar-refractivity contribution < 1.29 is 13.2 Å². The smallest absolute Gasteiger partial charge is 0.226 e. The zero-order valence-corrected chi connectivity index (χ0v) is 17.6. The van der Waals surface area contributed by atoms with Crippen molar-refractivity contribution in [1.82, 2.24) is 14.6 Å². The lowest BCUT2D eigenvalue weighted by Gasteiger charge is -2.31. The Kier molecular flexibility index (Phi) is 5.94. The number of halogens is 1. The van der Waals surface area contributed by atoms with Gasteiger partial charge in [-0.2, -0.15) is 0 Å². The Hall–Kier alpha value is -0.810. The molecule has 1 N–H and O–H groups in total. The standard InChI is InChI=1S/C15H18BrN3O3S3/c1-25(21,22)19-4-2-3-11(7-19)17-14(20)6-12-9-24-15(18-12)13-5-10(16)8-23-13/h5,8-9,11H,2-4,6-7H2,1H3,(H,17,20). The van der Waals surface area contributed by atoms with Crippen LogP contribution in [0.15, 0.2) is 21.3 Å². The fourth-order valence-corrected chi connectivity index (χ4v) is 5.97. The summed E-state index contributed by atoms with van der Waals surface area (Å²) in [7, 11) is -3.21. The van der Waals surface area contributed by atoms with Gasteiger partial charge in [0.25, 0.3) is 0 Å². The maximum atomic E-state index is 12.3. The van der Waals surface area contributed by atoms with Crippen LogP contribution in [-0.2, 0) is 21.2 Å². The highest BCUT2D eigenvalue weighted by molar-refractivity contribution is 9.10. The van der Waals surface area contributed by atoms with Crippen LogP contribution in [0.2, 0.25) is 0 Å². The Balaban J connectivity index is 1.57. The van der Waals surface area contributed by atoms with Gasteiger partial charge in [-0.05, 0) is 34.8 Å². The number of nitrogens with one attached hydrogen (secondary N) is 1. The minimum Gasteiger partial charge on any atom is -0.352 e. The topological polar surface area (TPSA) is 79.4 Å². The van der Waals surface area contributed by atoms with Crippen LogP contribution in [0.3, 0.4) is 0 Å². The van der Waals surface area contributed by atoms with Gasteiger partial charge < -0.3 is 5.32 Å². The Morgan fingerprint density at radius 3 is 2.92 bits per heavy atom. The summed E-state index contributed by atoms with van der Waals surface area (Å²) in [5.41, 5.74) is 0.734. The molecule has 10 heteroatoms. The van der Waals surface area contributed by atoms with Crippen molar-refractivity contribution in [1.29, 1.82) is 0 Å². The molecule has 25 heavy (non-hydrogen) atoms. The molecule has 2 aromatic rings. The quantitative estimate of drug-likeness (QED) is 0.738. The maximum Gasteiger partial charge on any atom is 0.226 e. The first-order valence-electron chi connectivity index (χ1n) is 7.74. The molecular formula is C15H18BrN3O3S3. The van der Waals surface area contributed by atoms with Crippen LogP contribution >= 0.6 is 38.6 Å². The summed E-state index contributed by atoms with van der Waals surface area (Å²) in [4.78, 5) is 17.9. The lowest BCUT2D eigenvalue weighted by molar-refractivity contribution is -0.121. The maximum absolute atomic E-state index is 12.3. The summed E-state index contributed by atoms with van der Waals surface area (Å²) < 4.78 is 25.8. The first-order chi connectivity index (χ1) is 11.8. The molecule has 3 heterocycles. The molecule has 0 aliphatic carbocycles. The minimum absolute atomic E-state index is 0.121. The number of amides is 1. The SMILES string of the molecule is CS(=O)(=O)N1CCCC(NC(=O)Cc2csc(-c3cc(Br)cs3)n2)C1. The summed E-state index contributed by atoms with van der Waals surface area (Å²) in [5, 5.41) is 7.73. The predicted molar refractivity (Wildman–Crippen MR) is 104 cm³/mol. The number of aromatic nitrogens is 1. The number of sulfonamides is 1. The van der Waals surface area contributed by atoms with Crippen molar-refractivity contribution in [3.8, 4) is 9.88 Å². The van der Waals surface area contributed by atoms with E-state index < -0.39 is 10.0 Å². The molecule has 0 spiro atoms. The van der Waals surface area contributed by atoms with Gasteiger partial charge in [0, 0.05) is 34.4 Å². The lowest BCUT2D eigenvalue weighted by atomic mass is 10.1. The third-order valence-corrected chi connectivity index (χ3v) is 7.91. The number of hydrogen-bond acceptors (Lipinski definition) is 6. The van der Waals surface area contributed by atoms with Gasteiger partial charge in [0.05, 0.1) is 23.2 Å². The van der Waals surface area contributed by atoms with E-state index in [0.717, 1.165) is 32.9 Å². The number of carbonyl (C=O) groups is 1. The average molecular weight is 464 g/mol. The van der Waals surface area contributed by atoms with E-state index in [1.807, 2.05) is 16.8 Å². The second-order valence-corrected chi connectivity index (χ2v) is 10.6. The number of hydrogen-bond donors (Lipinski definition) is 1. The first kappa shape index (κ1) is 19.0. The van der Waals surface area contributed by atoms with Crippen LogP contribution in [0, 0.1) is 0 Å². The number of thiazole rings is 1. The van der Waals surface area contributed by atoms with Crippen LogP contribution in [0.1, 0.15) is 18.5 Å². The molecule has 1 amide bonds. The number of carbonyl (C=O) groups excluding carboxylic acids is 1. The Morgan fingerprint density at radius 1 is 1.44 bits per heavy atom. The Morgan fingerprint density at radius 2 is 2.24 bits per heavy atom. The first-order valence-corrected chi connectivity index (χ1v) is 12.1. The molecule has 1 fully saturated rings. The number of piperidine rings is 1. The Labute approximate surface area is 163 Å². The van der Waals surface area contributed by atoms with E-state index in [-0.39, 0.29) is 18.4 Å². The number of thiophene rings is 1. The molecule has 1 unspecified atom stereocenters. The molecule has 0 aromatic carbocycles. The fourth-order valence-electron chi connectivity index (χ4n) is 2.73. The summed E-state index contributed by atoms with van der Waals surface area (Å²) in [5.74, 6) is -0.121. The van der Waals surface area contributed by atoms with Crippen molar-refractivity contribution in [3.05, 3.63) is 27.0 Å². The van der Waals surface area contributed by atoms with Gasteiger partial charge in [0.1, 0.15) is 5.01 Å². The lowest BCUT2D eigenvalue weighted by Crippen LogP contribution is -2.49. The highest BCUT2D eigenvalue weighted by Gasteiger charge is 2.26. The van der Waals surface area contributed by atoms with Crippen LogP contribution in [0.25, 0.3) is 9.88 Å². The van der Waals surface area contributed by atoms with E-state index in [1.54, 1.807) is 11.3 Å². The second kappa shape index (κ2) is 7.83. The number of nitrogens with zero attached hydrogens (tertiary/aromatic N) is 2. The van der Waals surface area contributed by atoms with Gasteiger partial charge >= 0.3 is 0 Å². The van der Waals surface area contributed by atoms with Crippen molar-refractivity contribution >= 4 is 54.5 Å². The van der Waals surface area contributed by atoms with Gasteiger partial charge in [-0.15, -0.1) is 22.7 Å². The summed E-state index contributed by atoms with van der Waals surface area (Å²) in [6.07, 6.45) is 2.96. The zero-order valence-electron chi connectivity index (χ0n) is 13.6. The highest BCUT2D eigenvalue weighted by atomic mass is 79.9. The van der Waals surface area contributed by atoms with E-state index in [4.69, 9.17) is 0 Å². The van der Waals surface area contributed by atoms with Crippen molar-refractivity contribution in [2.24, 2.45) is 0 Å². The monoisotopic (exact) mass is 463 g/mol. The van der Waals surface area contributed by atoms with E-state index in [0.29, 0.717) is 13.1 Å². The van der Waals surface area contributed by atoms with Gasteiger partial charge in [-0.25, -0.2) is 17.7 Å². The molecule has 1 aliphatic heterocycles. The molecule has 3 rings (SSSR count). The second-order valence-electron chi connectivity index (χ2n) is 5.98. The van der Waals surface area contributed by atoms with Gasteiger partial charge in [-0.3, -0.25) is 4.79 Å². The molecule has 1 saturated heterocycles. The van der Waals surface area contributed by atoms with Crippen LogP contribution in [0.5, 0.6) is 0 Å². The molecule has 1 atom stereocenters. The molecular weight excluding hydrogens is 446 g/mol. The largest absolute Gasteiger partial charge is 0.352 e. The molecule has 6 nitrogen and oxygen atoms in total.